The largest absolute Gasteiger partial charge is 0.456 e. The summed E-state index contributed by atoms with van der Waals surface area (Å²) in [5.41, 5.74) is 0.730. The minimum Gasteiger partial charge on any atom is -0.456 e. The van der Waals surface area contributed by atoms with Crippen molar-refractivity contribution in [2.24, 2.45) is 0 Å². The predicted octanol–water partition coefficient (Wildman–Crippen LogP) is 3.60. The van der Waals surface area contributed by atoms with Gasteiger partial charge in [-0.3, -0.25) is 4.79 Å². The molecule has 0 spiro atoms. The van der Waals surface area contributed by atoms with Gasteiger partial charge in [0, 0.05) is 10.2 Å². The molecule has 0 aliphatic carbocycles. The standard InChI is InChI=1S/C12H10BrNO2/c1-8-5-6-11(16-8)12(15)14-10-4-2-3-9(13)7-10/h2-7H,1H3,(H,14,15). The highest BCUT2D eigenvalue weighted by Crippen LogP contribution is 2.17. The SMILES string of the molecule is Cc1ccc(C(=O)Nc2cccc(Br)c2)o1. The van der Waals surface area contributed by atoms with E-state index in [0.717, 1.165) is 15.9 Å². The summed E-state index contributed by atoms with van der Waals surface area (Å²) < 4.78 is 6.14. The highest BCUT2D eigenvalue weighted by molar-refractivity contribution is 9.10. The molecule has 1 N–H and O–H groups in total. The van der Waals surface area contributed by atoms with Crippen LogP contribution in [0.2, 0.25) is 0 Å². The zero-order valence-corrected chi connectivity index (χ0v) is 10.2. The Morgan fingerprint density at radius 1 is 1.31 bits per heavy atom. The molecule has 2 rings (SSSR count). The number of amides is 1. The van der Waals surface area contributed by atoms with Crippen LogP contribution in [-0.4, -0.2) is 5.91 Å². The Morgan fingerprint density at radius 3 is 2.75 bits per heavy atom. The lowest BCUT2D eigenvalue weighted by Gasteiger charge is -2.02. The van der Waals surface area contributed by atoms with E-state index in [1.165, 1.54) is 0 Å². The quantitative estimate of drug-likeness (QED) is 0.913. The molecule has 0 unspecified atom stereocenters. The van der Waals surface area contributed by atoms with Crippen LogP contribution >= 0.6 is 15.9 Å². The monoisotopic (exact) mass is 279 g/mol. The summed E-state index contributed by atoms with van der Waals surface area (Å²) in [5.74, 6) is 0.795. The number of anilines is 1. The van der Waals surface area contributed by atoms with Gasteiger partial charge in [-0.25, -0.2) is 0 Å². The fourth-order valence-corrected chi connectivity index (χ4v) is 1.71. The van der Waals surface area contributed by atoms with E-state index in [0.29, 0.717) is 5.76 Å². The summed E-state index contributed by atoms with van der Waals surface area (Å²) in [6.07, 6.45) is 0. The average molecular weight is 280 g/mol. The fraction of sp³-hybridized carbons (Fsp3) is 0.0833. The molecule has 1 heterocycles. The average Bonchev–Trinajstić information content (AvgIpc) is 2.65. The first kappa shape index (κ1) is 11.0. The molecule has 4 heteroatoms. The second-order valence-electron chi connectivity index (χ2n) is 3.37. The molecular formula is C12H10BrNO2. The van der Waals surface area contributed by atoms with Crippen LogP contribution in [0.25, 0.3) is 0 Å². The van der Waals surface area contributed by atoms with Crippen LogP contribution in [0, 0.1) is 6.92 Å². The van der Waals surface area contributed by atoms with Crippen LogP contribution < -0.4 is 5.32 Å². The number of benzene rings is 1. The summed E-state index contributed by atoms with van der Waals surface area (Å²) in [7, 11) is 0. The van der Waals surface area contributed by atoms with E-state index in [1.807, 2.05) is 24.3 Å². The van der Waals surface area contributed by atoms with Gasteiger partial charge < -0.3 is 9.73 Å². The molecular weight excluding hydrogens is 270 g/mol. The summed E-state index contributed by atoms with van der Waals surface area (Å²) in [6, 6.07) is 10.8. The highest BCUT2D eigenvalue weighted by Gasteiger charge is 2.09. The number of rotatable bonds is 2. The normalized spacial score (nSPS) is 10.1. The topological polar surface area (TPSA) is 42.2 Å². The van der Waals surface area contributed by atoms with Crippen molar-refractivity contribution in [3.05, 3.63) is 52.4 Å². The van der Waals surface area contributed by atoms with E-state index >= 15 is 0 Å². The van der Waals surface area contributed by atoms with Gasteiger partial charge in [-0.1, -0.05) is 22.0 Å². The number of carbonyl (C=O) groups is 1. The first-order chi connectivity index (χ1) is 7.65. The van der Waals surface area contributed by atoms with E-state index in [9.17, 15) is 4.79 Å². The fourth-order valence-electron chi connectivity index (χ4n) is 1.32. The van der Waals surface area contributed by atoms with Crippen LogP contribution in [0.5, 0.6) is 0 Å². The van der Waals surface area contributed by atoms with Crippen molar-refractivity contribution in [2.75, 3.05) is 5.32 Å². The number of halogens is 1. The molecule has 0 aliphatic heterocycles. The van der Waals surface area contributed by atoms with Gasteiger partial charge >= 0.3 is 0 Å². The van der Waals surface area contributed by atoms with E-state index in [4.69, 9.17) is 4.42 Å². The lowest BCUT2D eigenvalue weighted by Crippen LogP contribution is -2.10. The number of nitrogens with one attached hydrogen (secondary N) is 1. The third-order valence-electron chi connectivity index (χ3n) is 2.05. The number of hydrogen-bond acceptors (Lipinski definition) is 2. The van der Waals surface area contributed by atoms with Crippen LogP contribution in [0.15, 0.2) is 45.3 Å². The van der Waals surface area contributed by atoms with Crippen molar-refractivity contribution in [3.8, 4) is 0 Å². The van der Waals surface area contributed by atoms with Gasteiger partial charge in [-0.2, -0.15) is 0 Å². The molecule has 0 radical (unpaired) electrons. The Bertz CT molecular complexity index is 519. The van der Waals surface area contributed by atoms with Crippen molar-refractivity contribution in [1.82, 2.24) is 0 Å². The Morgan fingerprint density at radius 2 is 2.12 bits per heavy atom. The lowest BCUT2D eigenvalue weighted by atomic mass is 10.3. The van der Waals surface area contributed by atoms with E-state index in [1.54, 1.807) is 19.1 Å². The van der Waals surface area contributed by atoms with Crippen molar-refractivity contribution < 1.29 is 9.21 Å². The minimum absolute atomic E-state index is 0.244. The molecule has 3 nitrogen and oxygen atoms in total. The molecule has 0 saturated carbocycles. The second kappa shape index (κ2) is 4.53. The molecule has 0 atom stereocenters. The van der Waals surface area contributed by atoms with Crippen LogP contribution in [0.3, 0.4) is 0 Å². The molecule has 1 aromatic carbocycles. The number of hydrogen-bond donors (Lipinski definition) is 1. The van der Waals surface area contributed by atoms with E-state index in [2.05, 4.69) is 21.2 Å². The van der Waals surface area contributed by atoms with Gasteiger partial charge in [0.1, 0.15) is 5.76 Å². The van der Waals surface area contributed by atoms with Gasteiger partial charge in [0.05, 0.1) is 0 Å². The predicted molar refractivity (Wildman–Crippen MR) is 65.5 cm³/mol. The second-order valence-corrected chi connectivity index (χ2v) is 4.29. The van der Waals surface area contributed by atoms with Crippen molar-refractivity contribution >= 4 is 27.5 Å². The summed E-state index contributed by atoms with van der Waals surface area (Å²) in [5, 5.41) is 2.75. The molecule has 0 bridgehead atoms. The van der Waals surface area contributed by atoms with Gasteiger partial charge in [-0.15, -0.1) is 0 Å². The summed E-state index contributed by atoms with van der Waals surface area (Å²) >= 11 is 3.34. The van der Waals surface area contributed by atoms with Gasteiger partial charge in [-0.05, 0) is 37.3 Å². The van der Waals surface area contributed by atoms with E-state index in [-0.39, 0.29) is 5.91 Å². The van der Waals surface area contributed by atoms with Crippen molar-refractivity contribution in [2.45, 2.75) is 6.92 Å². The number of furan rings is 1. The lowest BCUT2D eigenvalue weighted by molar-refractivity contribution is 0.0995. The van der Waals surface area contributed by atoms with Gasteiger partial charge in [0.2, 0.25) is 0 Å². The van der Waals surface area contributed by atoms with Gasteiger partial charge in [0.25, 0.3) is 5.91 Å². The third kappa shape index (κ3) is 2.52. The molecule has 2 aromatic rings. The zero-order valence-electron chi connectivity index (χ0n) is 8.66. The zero-order chi connectivity index (χ0) is 11.5. The Balaban J connectivity index is 2.13. The van der Waals surface area contributed by atoms with Crippen molar-refractivity contribution in [1.29, 1.82) is 0 Å². The maximum Gasteiger partial charge on any atom is 0.291 e. The molecule has 82 valence electrons. The first-order valence-electron chi connectivity index (χ1n) is 4.78. The molecule has 0 aliphatic rings. The molecule has 0 fully saturated rings. The first-order valence-corrected chi connectivity index (χ1v) is 5.58. The molecule has 1 aromatic heterocycles. The maximum atomic E-state index is 11.7. The molecule has 0 saturated heterocycles. The third-order valence-corrected chi connectivity index (χ3v) is 2.54. The minimum atomic E-state index is -0.244. The molecule has 1 amide bonds. The maximum absolute atomic E-state index is 11.7. The van der Waals surface area contributed by atoms with Crippen LogP contribution in [-0.2, 0) is 0 Å². The summed E-state index contributed by atoms with van der Waals surface area (Å²) in [6.45, 7) is 1.80. The molecule has 16 heavy (non-hydrogen) atoms. The van der Waals surface area contributed by atoms with Crippen molar-refractivity contribution in [3.63, 3.8) is 0 Å². The Hall–Kier alpha value is -1.55. The van der Waals surface area contributed by atoms with E-state index < -0.39 is 0 Å². The highest BCUT2D eigenvalue weighted by atomic mass is 79.9. The number of carbonyl (C=O) groups excluding carboxylic acids is 1. The smallest absolute Gasteiger partial charge is 0.291 e. The van der Waals surface area contributed by atoms with Crippen LogP contribution in [0.4, 0.5) is 5.69 Å². The summed E-state index contributed by atoms with van der Waals surface area (Å²) in [4.78, 5) is 11.7. The Kier molecular flexibility index (Phi) is 3.10. The van der Waals surface area contributed by atoms with Crippen LogP contribution in [0.1, 0.15) is 16.3 Å². The Labute approximate surface area is 102 Å². The van der Waals surface area contributed by atoms with Gasteiger partial charge in [0.15, 0.2) is 5.76 Å². The number of aryl methyl sites for hydroxylation is 1.